The molecule has 0 aliphatic rings. The molecule has 0 spiro atoms. The predicted octanol–water partition coefficient (Wildman–Crippen LogP) is 5.46. The zero-order valence-corrected chi connectivity index (χ0v) is 16.8. The molecule has 1 N–H and O–H groups in total. The van der Waals surface area contributed by atoms with Crippen molar-refractivity contribution in [1.82, 2.24) is 4.98 Å². The average Bonchev–Trinajstić information content (AvgIpc) is 3.40. The number of carbonyl (C=O) groups excluding carboxylic acids is 1. The first-order valence-corrected chi connectivity index (χ1v) is 9.96. The van der Waals surface area contributed by atoms with Gasteiger partial charge in [-0.05, 0) is 36.8 Å². The molecule has 30 heavy (non-hydrogen) atoms. The molecule has 0 fully saturated rings. The Morgan fingerprint density at radius 1 is 1.10 bits per heavy atom. The number of aromatic nitrogens is 1. The quantitative estimate of drug-likeness (QED) is 0.330. The normalized spacial score (nSPS) is 10.7. The number of anilines is 1. The van der Waals surface area contributed by atoms with Gasteiger partial charge in [0.15, 0.2) is 10.9 Å². The fraction of sp³-hybridized carbons (Fsp3) is 0.0909. The van der Waals surface area contributed by atoms with Crippen LogP contribution in [0.4, 0.5) is 10.8 Å². The number of nitro benzene ring substituents is 1. The van der Waals surface area contributed by atoms with Crippen LogP contribution in [0.2, 0.25) is 0 Å². The standard InChI is InChI=1S/C22H17N3O4S/c1-14-2-4-15(5-3-14)12-18-13-23-22(30-18)24-21(26)20-11-10-19(29-20)16-6-8-17(9-7-16)25(27)28/h2-11,13H,12H2,1H3,(H,23,24,26). The van der Waals surface area contributed by atoms with E-state index in [0.29, 0.717) is 16.5 Å². The zero-order valence-electron chi connectivity index (χ0n) is 16.0. The molecular formula is C22H17N3O4S. The predicted molar refractivity (Wildman–Crippen MR) is 115 cm³/mol. The summed E-state index contributed by atoms with van der Waals surface area (Å²) in [4.78, 5) is 28.1. The number of thiazole rings is 1. The first kappa shape index (κ1) is 19.5. The number of non-ortho nitro benzene ring substituents is 1. The summed E-state index contributed by atoms with van der Waals surface area (Å²) < 4.78 is 5.61. The number of benzene rings is 2. The molecule has 0 aliphatic carbocycles. The third-order valence-corrected chi connectivity index (χ3v) is 5.38. The number of hydrogen-bond acceptors (Lipinski definition) is 6. The largest absolute Gasteiger partial charge is 0.451 e. The van der Waals surface area contributed by atoms with E-state index in [1.165, 1.54) is 34.6 Å². The maximum absolute atomic E-state index is 12.5. The van der Waals surface area contributed by atoms with Crippen molar-refractivity contribution in [3.8, 4) is 11.3 Å². The van der Waals surface area contributed by atoms with Crippen LogP contribution < -0.4 is 5.32 Å². The molecule has 0 unspecified atom stereocenters. The van der Waals surface area contributed by atoms with Gasteiger partial charge in [-0.2, -0.15) is 0 Å². The van der Waals surface area contributed by atoms with Crippen molar-refractivity contribution in [2.24, 2.45) is 0 Å². The topological polar surface area (TPSA) is 98.3 Å². The van der Waals surface area contributed by atoms with Crippen molar-refractivity contribution >= 4 is 28.1 Å². The third kappa shape index (κ3) is 4.44. The number of rotatable bonds is 6. The van der Waals surface area contributed by atoms with E-state index in [0.717, 1.165) is 11.3 Å². The van der Waals surface area contributed by atoms with E-state index in [-0.39, 0.29) is 11.4 Å². The molecule has 4 rings (SSSR count). The molecule has 7 nitrogen and oxygen atoms in total. The minimum Gasteiger partial charge on any atom is -0.451 e. The van der Waals surface area contributed by atoms with Gasteiger partial charge >= 0.3 is 0 Å². The van der Waals surface area contributed by atoms with E-state index in [2.05, 4.69) is 34.6 Å². The molecule has 0 saturated heterocycles. The van der Waals surface area contributed by atoms with Crippen molar-refractivity contribution in [1.29, 1.82) is 0 Å². The van der Waals surface area contributed by atoms with Gasteiger partial charge in [-0.25, -0.2) is 4.98 Å². The first-order chi connectivity index (χ1) is 14.5. The van der Waals surface area contributed by atoms with Crippen LogP contribution in [0.5, 0.6) is 0 Å². The van der Waals surface area contributed by atoms with Crippen LogP contribution in [0.3, 0.4) is 0 Å². The Labute approximate surface area is 176 Å². The summed E-state index contributed by atoms with van der Waals surface area (Å²) in [6.45, 7) is 2.05. The van der Waals surface area contributed by atoms with Gasteiger partial charge < -0.3 is 4.42 Å². The molecule has 2 aromatic heterocycles. The summed E-state index contributed by atoms with van der Waals surface area (Å²) in [6, 6.07) is 17.5. The van der Waals surface area contributed by atoms with Crippen LogP contribution in [0.1, 0.15) is 26.6 Å². The number of hydrogen-bond donors (Lipinski definition) is 1. The van der Waals surface area contributed by atoms with Crippen LogP contribution in [0, 0.1) is 17.0 Å². The summed E-state index contributed by atoms with van der Waals surface area (Å²) in [5.74, 6) is 0.187. The Morgan fingerprint density at radius 3 is 2.53 bits per heavy atom. The molecule has 8 heteroatoms. The van der Waals surface area contributed by atoms with Gasteiger partial charge in [0.25, 0.3) is 11.6 Å². The van der Waals surface area contributed by atoms with Crippen LogP contribution >= 0.6 is 11.3 Å². The number of aryl methyl sites for hydroxylation is 1. The maximum Gasteiger partial charge on any atom is 0.293 e. The van der Waals surface area contributed by atoms with Crippen LogP contribution in [-0.2, 0) is 6.42 Å². The SMILES string of the molecule is Cc1ccc(Cc2cnc(NC(=O)c3ccc(-c4ccc([N+](=O)[O-])cc4)o3)s2)cc1. The van der Waals surface area contributed by atoms with Crippen LogP contribution in [-0.4, -0.2) is 15.8 Å². The number of nitrogens with one attached hydrogen (secondary N) is 1. The van der Waals surface area contributed by atoms with E-state index in [4.69, 9.17) is 4.42 Å². The first-order valence-electron chi connectivity index (χ1n) is 9.14. The molecule has 0 radical (unpaired) electrons. The fourth-order valence-corrected chi connectivity index (χ4v) is 3.72. The smallest absolute Gasteiger partial charge is 0.293 e. The van der Waals surface area contributed by atoms with Gasteiger partial charge in [-0.15, -0.1) is 11.3 Å². The van der Waals surface area contributed by atoms with Gasteiger partial charge in [-0.3, -0.25) is 20.2 Å². The molecule has 2 aromatic carbocycles. The van der Waals surface area contributed by atoms with Crippen molar-refractivity contribution < 1.29 is 14.1 Å². The molecule has 150 valence electrons. The lowest BCUT2D eigenvalue weighted by Crippen LogP contribution is -2.10. The summed E-state index contributed by atoms with van der Waals surface area (Å²) >= 11 is 1.41. The highest BCUT2D eigenvalue weighted by Gasteiger charge is 2.15. The minimum atomic E-state index is -0.466. The Kier molecular flexibility index (Phi) is 5.40. The number of furan rings is 1. The van der Waals surface area contributed by atoms with Gasteiger partial charge in [0, 0.05) is 35.2 Å². The molecule has 0 bridgehead atoms. The summed E-state index contributed by atoms with van der Waals surface area (Å²) in [6.07, 6.45) is 2.50. The van der Waals surface area contributed by atoms with E-state index in [9.17, 15) is 14.9 Å². The van der Waals surface area contributed by atoms with E-state index in [1.54, 1.807) is 30.5 Å². The number of nitro groups is 1. The van der Waals surface area contributed by atoms with Crippen molar-refractivity contribution in [3.05, 3.63) is 98.7 Å². The van der Waals surface area contributed by atoms with Crippen LogP contribution in [0.25, 0.3) is 11.3 Å². The molecule has 0 saturated carbocycles. The third-order valence-electron chi connectivity index (χ3n) is 4.47. The molecule has 2 heterocycles. The van der Waals surface area contributed by atoms with Gasteiger partial charge in [0.2, 0.25) is 0 Å². The Hall–Kier alpha value is -3.78. The highest BCUT2D eigenvalue weighted by Crippen LogP contribution is 2.26. The van der Waals surface area contributed by atoms with E-state index >= 15 is 0 Å². The summed E-state index contributed by atoms with van der Waals surface area (Å²) in [5.41, 5.74) is 3.03. The Morgan fingerprint density at radius 2 is 1.83 bits per heavy atom. The highest BCUT2D eigenvalue weighted by molar-refractivity contribution is 7.15. The lowest BCUT2D eigenvalue weighted by atomic mass is 10.1. The monoisotopic (exact) mass is 419 g/mol. The maximum atomic E-state index is 12.5. The Bertz CT molecular complexity index is 1190. The lowest BCUT2D eigenvalue weighted by molar-refractivity contribution is -0.384. The van der Waals surface area contributed by atoms with Crippen molar-refractivity contribution in [3.63, 3.8) is 0 Å². The second-order valence-electron chi connectivity index (χ2n) is 6.72. The molecule has 0 atom stereocenters. The molecule has 4 aromatic rings. The number of amides is 1. The Balaban J connectivity index is 1.41. The zero-order chi connectivity index (χ0) is 21.1. The minimum absolute atomic E-state index is 0.00603. The molecule has 0 aliphatic heterocycles. The van der Waals surface area contributed by atoms with Crippen molar-refractivity contribution in [2.45, 2.75) is 13.3 Å². The average molecular weight is 419 g/mol. The van der Waals surface area contributed by atoms with Gasteiger partial charge in [0.05, 0.1) is 4.92 Å². The van der Waals surface area contributed by atoms with Crippen LogP contribution in [0.15, 0.2) is 71.3 Å². The highest BCUT2D eigenvalue weighted by atomic mass is 32.1. The van der Waals surface area contributed by atoms with E-state index in [1.807, 2.05) is 6.92 Å². The summed E-state index contributed by atoms with van der Waals surface area (Å²) in [7, 11) is 0. The number of carbonyl (C=O) groups is 1. The summed E-state index contributed by atoms with van der Waals surface area (Å²) in [5, 5.41) is 14.0. The van der Waals surface area contributed by atoms with Gasteiger partial charge in [-0.1, -0.05) is 29.8 Å². The van der Waals surface area contributed by atoms with E-state index < -0.39 is 10.8 Å². The van der Waals surface area contributed by atoms with Crippen molar-refractivity contribution in [2.75, 3.05) is 5.32 Å². The number of nitrogens with zero attached hydrogens (tertiary/aromatic N) is 2. The second kappa shape index (κ2) is 8.30. The second-order valence-corrected chi connectivity index (χ2v) is 7.83. The lowest BCUT2D eigenvalue weighted by Gasteiger charge is -2.00. The van der Waals surface area contributed by atoms with Gasteiger partial charge in [0.1, 0.15) is 5.76 Å². The molecular weight excluding hydrogens is 402 g/mol. The fourth-order valence-electron chi connectivity index (χ4n) is 2.88. The molecule has 1 amide bonds.